The SMILES string of the molecule is NCC(=O)Oc1c(F)cc(-c2nc(-c3ccc(N4CCCC4)cc3)ns2)cc1C=O. The lowest BCUT2D eigenvalue weighted by molar-refractivity contribution is -0.133. The summed E-state index contributed by atoms with van der Waals surface area (Å²) in [5, 5.41) is 0.451. The molecule has 2 heterocycles. The Kier molecular flexibility index (Phi) is 5.82. The molecule has 1 aliphatic rings. The lowest BCUT2D eigenvalue weighted by atomic mass is 10.1. The number of ether oxygens (including phenoxy) is 1. The minimum atomic E-state index is -0.844. The van der Waals surface area contributed by atoms with E-state index in [-0.39, 0.29) is 5.56 Å². The summed E-state index contributed by atoms with van der Waals surface area (Å²) in [5.74, 6) is -1.59. The molecule has 0 amide bonds. The van der Waals surface area contributed by atoms with Crippen LogP contribution in [0.2, 0.25) is 0 Å². The van der Waals surface area contributed by atoms with Crippen LogP contribution in [-0.2, 0) is 4.79 Å². The highest BCUT2D eigenvalue weighted by atomic mass is 32.1. The Hall–Kier alpha value is -3.17. The van der Waals surface area contributed by atoms with Crippen LogP contribution in [0.15, 0.2) is 36.4 Å². The number of anilines is 1. The summed E-state index contributed by atoms with van der Waals surface area (Å²) >= 11 is 1.10. The molecular weight excluding hydrogens is 407 g/mol. The molecule has 0 unspecified atom stereocenters. The number of carbonyl (C=O) groups is 2. The molecule has 1 saturated heterocycles. The number of halogens is 1. The summed E-state index contributed by atoms with van der Waals surface area (Å²) in [6, 6.07) is 10.6. The Morgan fingerprint density at radius 2 is 1.93 bits per heavy atom. The van der Waals surface area contributed by atoms with E-state index in [1.54, 1.807) is 0 Å². The highest BCUT2D eigenvalue weighted by Gasteiger charge is 2.18. The number of rotatable bonds is 6. The number of esters is 1. The largest absolute Gasteiger partial charge is 0.422 e. The summed E-state index contributed by atoms with van der Waals surface area (Å²) in [6.45, 7) is 1.72. The first-order valence-corrected chi connectivity index (χ1v) is 10.3. The number of aromatic nitrogens is 2. The van der Waals surface area contributed by atoms with Gasteiger partial charge < -0.3 is 15.4 Å². The third-order valence-electron chi connectivity index (χ3n) is 4.85. The van der Waals surface area contributed by atoms with Crippen molar-refractivity contribution in [3.8, 4) is 27.7 Å². The third kappa shape index (κ3) is 4.07. The Labute approximate surface area is 176 Å². The van der Waals surface area contributed by atoms with Crippen molar-refractivity contribution in [1.29, 1.82) is 0 Å². The van der Waals surface area contributed by atoms with E-state index in [9.17, 15) is 14.0 Å². The number of aldehydes is 1. The molecule has 3 aromatic rings. The van der Waals surface area contributed by atoms with Gasteiger partial charge in [-0.2, -0.15) is 4.37 Å². The predicted molar refractivity (Wildman–Crippen MR) is 112 cm³/mol. The highest BCUT2D eigenvalue weighted by molar-refractivity contribution is 7.09. The van der Waals surface area contributed by atoms with E-state index in [1.165, 1.54) is 24.6 Å². The standard InChI is InChI=1S/C21H19FN4O3S/c22-17-10-14(9-15(12-27)19(17)29-18(28)11-23)21-24-20(25-30-21)13-3-5-16(6-4-13)26-7-1-2-8-26/h3-6,9-10,12H,1-2,7-8,11,23H2. The van der Waals surface area contributed by atoms with Gasteiger partial charge in [0.2, 0.25) is 0 Å². The van der Waals surface area contributed by atoms with Crippen LogP contribution >= 0.6 is 11.5 Å². The van der Waals surface area contributed by atoms with Crippen LogP contribution in [0.1, 0.15) is 23.2 Å². The Bertz CT molecular complexity index is 1080. The lowest BCUT2D eigenvalue weighted by Gasteiger charge is -2.17. The molecule has 0 bridgehead atoms. The molecule has 0 spiro atoms. The quantitative estimate of drug-likeness (QED) is 0.367. The number of nitrogens with two attached hydrogens (primary N) is 1. The van der Waals surface area contributed by atoms with Crippen molar-refractivity contribution in [3.63, 3.8) is 0 Å². The maximum absolute atomic E-state index is 14.5. The van der Waals surface area contributed by atoms with Gasteiger partial charge in [0.15, 0.2) is 23.7 Å². The molecule has 2 N–H and O–H groups in total. The van der Waals surface area contributed by atoms with E-state index >= 15 is 0 Å². The average molecular weight is 426 g/mol. The van der Waals surface area contributed by atoms with Crippen LogP contribution in [0.25, 0.3) is 22.0 Å². The van der Waals surface area contributed by atoms with Crippen LogP contribution in [0, 0.1) is 5.82 Å². The van der Waals surface area contributed by atoms with Crippen LogP contribution in [0.4, 0.5) is 10.1 Å². The maximum atomic E-state index is 14.5. The molecule has 9 heteroatoms. The van der Waals surface area contributed by atoms with E-state index < -0.39 is 24.1 Å². The van der Waals surface area contributed by atoms with E-state index in [2.05, 4.69) is 14.3 Å². The Morgan fingerprint density at radius 3 is 2.60 bits per heavy atom. The minimum Gasteiger partial charge on any atom is -0.422 e. The summed E-state index contributed by atoms with van der Waals surface area (Å²) in [4.78, 5) is 29.6. The molecular formula is C21H19FN4O3S. The van der Waals surface area contributed by atoms with Gasteiger partial charge in [0.25, 0.3) is 0 Å². The first kappa shape index (κ1) is 20.1. The zero-order valence-electron chi connectivity index (χ0n) is 16.0. The van der Waals surface area contributed by atoms with Gasteiger partial charge in [-0.05, 0) is 60.8 Å². The van der Waals surface area contributed by atoms with E-state index in [0.29, 0.717) is 22.7 Å². The molecule has 2 aromatic carbocycles. The second-order valence-corrected chi connectivity index (χ2v) is 7.59. The molecule has 1 fully saturated rings. The van der Waals surface area contributed by atoms with Crippen LogP contribution in [0.3, 0.4) is 0 Å². The van der Waals surface area contributed by atoms with Gasteiger partial charge in [0, 0.05) is 29.9 Å². The van der Waals surface area contributed by atoms with Gasteiger partial charge in [0.1, 0.15) is 5.01 Å². The van der Waals surface area contributed by atoms with Crippen LogP contribution in [-0.4, -0.2) is 41.2 Å². The molecule has 0 saturated carbocycles. The average Bonchev–Trinajstić information content (AvgIpc) is 3.47. The first-order chi connectivity index (χ1) is 14.6. The van der Waals surface area contributed by atoms with Crippen LogP contribution in [0.5, 0.6) is 5.75 Å². The summed E-state index contributed by atoms with van der Waals surface area (Å²) in [5.41, 5.74) is 7.48. The third-order valence-corrected chi connectivity index (χ3v) is 5.62. The normalized spacial score (nSPS) is 13.5. The zero-order chi connectivity index (χ0) is 21.1. The highest BCUT2D eigenvalue weighted by Crippen LogP contribution is 2.32. The number of nitrogens with zero attached hydrogens (tertiary/aromatic N) is 3. The minimum absolute atomic E-state index is 0.0986. The first-order valence-electron chi connectivity index (χ1n) is 9.48. The second kappa shape index (κ2) is 8.68. The van der Waals surface area contributed by atoms with Gasteiger partial charge in [-0.15, -0.1) is 0 Å². The van der Waals surface area contributed by atoms with Gasteiger partial charge >= 0.3 is 5.97 Å². The molecule has 30 heavy (non-hydrogen) atoms. The lowest BCUT2D eigenvalue weighted by Crippen LogP contribution is -2.20. The Balaban J connectivity index is 1.59. The maximum Gasteiger partial charge on any atom is 0.325 e. The van der Waals surface area contributed by atoms with Gasteiger partial charge in [-0.25, -0.2) is 9.37 Å². The summed E-state index contributed by atoms with van der Waals surface area (Å²) < 4.78 is 23.7. The van der Waals surface area contributed by atoms with Crippen molar-refractivity contribution in [1.82, 2.24) is 9.36 Å². The smallest absolute Gasteiger partial charge is 0.325 e. The summed E-state index contributed by atoms with van der Waals surface area (Å²) in [6.07, 6.45) is 2.84. The van der Waals surface area contributed by atoms with Crippen molar-refractivity contribution in [2.75, 3.05) is 24.5 Å². The predicted octanol–water partition coefficient (Wildman–Crippen LogP) is 3.29. The fourth-order valence-corrected chi connectivity index (χ4v) is 4.01. The zero-order valence-corrected chi connectivity index (χ0v) is 16.8. The van der Waals surface area contributed by atoms with E-state index in [1.807, 2.05) is 24.3 Å². The number of benzene rings is 2. The van der Waals surface area contributed by atoms with Gasteiger partial charge in [-0.3, -0.25) is 9.59 Å². The van der Waals surface area contributed by atoms with Crippen molar-refractivity contribution in [2.24, 2.45) is 5.73 Å². The molecule has 0 aliphatic carbocycles. The number of carbonyl (C=O) groups excluding carboxylic acids is 2. The molecule has 154 valence electrons. The fourth-order valence-electron chi connectivity index (χ4n) is 3.34. The van der Waals surface area contributed by atoms with E-state index in [0.717, 1.165) is 36.3 Å². The second-order valence-electron chi connectivity index (χ2n) is 6.84. The molecule has 1 aliphatic heterocycles. The van der Waals surface area contributed by atoms with Crippen LogP contribution < -0.4 is 15.4 Å². The van der Waals surface area contributed by atoms with Gasteiger partial charge in [0.05, 0.1) is 12.1 Å². The molecule has 0 atom stereocenters. The van der Waals surface area contributed by atoms with Crippen molar-refractivity contribution >= 4 is 29.5 Å². The number of hydrogen-bond donors (Lipinski definition) is 1. The Morgan fingerprint density at radius 1 is 1.20 bits per heavy atom. The van der Waals surface area contributed by atoms with Crippen molar-refractivity contribution in [3.05, 3.63) is 47.8 Å². The van der Waals surface area contributed by atoms with Crippen molar-refractivity contribution in [2.45, 2.75) is 12.8 Å². The van der Waals surface area contributed by atoms with Gasteiger partial charge in [-0.1, -0.05) is 0 Å². The molecule has 7 nitrogen and oxygen atoms in total. The summed E-state index contributed by atoms with van der Waals surface area (Å²) in [7, 11) is 0. The topological polar surface area (TPSA) is 98.4 Å². The van der Waals surface area contributed by atoms with Crippen molar-refractivity contribution < 1.29 is 18.7 Å². The monoisotopic (exact) mass is 426 g/mol. The molecule has 4 rings (SSSR count). The number of hydrogen-bond acceptors (Lipinski definition) is 8. The molecule has 1 aromatic heterocycles. The fraction of sp³-hybridized carbons (Fsp3) is 0.238. The van der Waals surface area contributed by atoms with E-state index in [4.69, 9.17) is 10.5 Å². The molecule has 0 radical (unpaired) electrons.